The van der Waals surface area contributed by atoms with Gasteiger partial charge in [0.25, 0.3) is 0 Å². The van der Waals surface area contributed by atoms with Gasteiger partial charge in [-0.05, 0) is 111 Å². The van der Waals surface area contributed by atoms with Gasteiger partial charge in [0.2, 0.25) is 0 Å². The van der Waals surface area contributed by atoms with Gasteiger partial charge in [-0.25, -0.2) is 0 Å². The molecule has 2 atom stereocenters. The first-order chi connectivity index (χ1) is 22.3. The van der Waals surface area contributed by atoms with Gasteiger partial charge < -0.3 is 29.5 Å². The van der Waals surface area contributed by atoms with Crippen molar-refractivity contribution in [1.82, 2.24) is 19.6 Å². The molecule has 0 spiro atoms. The predicted molar refractivity (Wildman–Crippen MR) is 182 cm³/mol. The molecule has 6 aliphatic rings. The largest absolute Gasteiger partial charge is 0.491 e. The minimum absolute atomic E-state index is 0.228. The first-order valence-corrected chi connectivity index (χ1v) is 17.9. The van der Waals surface area contributed by atoms with E-state index in [1.807, 2.05) is 0 Å². The van der Waals surface area contributed by atoms with Crippen LogP contribution in [0.3, 0.4) is 0 Å². The molecule has 4 bridgehead atoms. The normalized spacial score (nSPS) is 32.0. The number of hydrogen-bond acceptors (Lipinski definition) is 8. The molecule has 0 radical (unpaired) electrons. The Morgan fingerprint density at radius 3 is 1.35 bits per heavy atom. The second kappa shape index (κ2) is 13.7. The van der Waals surface area contributed by atoms with Crippen molar-refractivity contribution in [3.05, 3.63) is 59.7 Å². The molecular weight excluding hydrogens is 576 g/mol. The van der Waals surface area contributed by atoms with Gasteiger partial charge in [-0.2, -0.15) is 0 Å². The maximum atomic E-state index is 10.6. The molecule has 2 unspecified atom stereocenters. The first kappa shape index (κ1) is 32.4. The van der Waals surface area contributed by atoms with E-state index in [1.165, 1.54) is 49.7 Å². The molecule has 4 saturated carbocycles. The highest BCUT2D eigenvalue weighted by molar-refractivity contribution is 5.41. The zero-order valence-electron chi connectivity index (χ0n) is 28.2. The Balaban J connectivity index is 0.949. The SMILES string of the molecule is CN1CCN(CC(O)COc2ccc(C34CC5CC(C3)CC(c3ccc(OCC(O)CN6CCN(C)CC6)cc3)(C5)C4)cc2)CC1. The monoisotopic (exact) mass is 632 g/mol. The van der Waals surface area contributed by atoms with Gasteiger partial charge in [0.05, 0.1) is 0 Å². The molecule has 0 amide bonds. The molecule has 252 valence electrons. The molecule has 8 rings (SSSR count). The average Bonchev–Trinajstić information content (AvgIpc) is 3.05. The third-order valence-electron chi connectivity index (χ3n) is 12.0. The molecule has 0 aromatic heterocycles. The van der Waals surface area contributed by atoms with Crippen LogP contribution in [0.1, 0.15) is 49.7 Å². The summed E-state index contributed by atoms with van der Waals surface area (Å²) in [6, 6.07) is 17.8. The molecule has 2 aliphatic heterocycles. The highest BCUT2D eigenvalue weighted by Crippen LogP contribution is 2.66. The van der Waals surface area contributed by atoms with E-state index >= 15 is 0 Å². The average molecular weight is 633 g/mol. The Kier molecular flexibility index (Phi) is 9.66. The highest BCUT2D eigenvalue weighted by Gasteiger charge is 2.58. The van der Waals surface area contributed by atoms with Crippen LogP contribution in [0.5, 0.6) is 11.5 Å². The number of hydrogen-bond donors (Lipinski definition) is 2. The Labute approximate surface area is 276 Å². The van der Waals surface area contributed by atoms with Gasteiger partial charge in [-0.15, -0.1) is 0 Å². The molecule has 2 heterocycles. The van der Waals surface area contributed by atoms with Gasteiger partial charge in [0.15, 0.2) is 0 Å². The second-order valence-corrected chi connectivity index (χ2v) is 15.7. The van der Waals surface area contributed by atoms with E-state index in [-0.39, 0.29) is 10.8 Å². The summed E-state index contributed by atoms with van der Waals surface area (Å²) in [4.78, 5) is 9.34. The van der Waals surface area contributed by atoms with E-state index in [1.54, 1.807) is 0 Å². The van der Waals surface area contributed by atoms with Crippen molar-refractivity contribution in [1.29, 1.82) is 0 Å². The van der Waals surface area contributed by atoms with Gasteiger partial charge in [-0.3, -0.25) is 9.80 Å². The van der Waals surface area contributed by atoms with Crippen LogP contribution in [0, 0.1) is 11.8 Å². The lowest BCUT2D eigenvalue weighted by atomic mass is 9.42. The van der Waals surface area contributed by atoms with Gasteiger partial charge in [0.1, 0.15) is 36.9 Å². The fourth-order valence-electron chi connectivity index (χ4n) is 9.89. The minimum Gasteiger partial charge on any atom is -0.491 e. The van der Waals surface area contributed by atoms with Crippen molar-refractivity contribution in [2.75, 3.05) is 92.8 Å². The number of benzene rings is 2. The number of nitrogens with zero attached hydrogens (tertiary/aromatic N) is 4. The summed E-state index contributed by atoms with van der Waals surface area (Å²) in [7, 11) is 4.31. The molecule has 6 fully saturated rings. The lowest BCUT2D eigenvalue weighted by Crippen LogP contribution is -2.55. The quantitative estimate of drug-likeness (QED) is 0.369. The zero-order chi connectivity index (χ0) is 31.7. The zero-order valence-corrected chi connectivity index (χ0v) is 28.2. The van der Waals surface area contributed by atoms with Crippen LogP contribution < -0.4 is 9.47 Å². The lowest BCUT2D eigenvalue weighted by Gasteiger charge is -2.62. The summed E-state index contributed by atoms with van der Waals surface area (Å²) in [5, 5.41) is 21.2. The summed E-state index contributed by atoms with van der Waals surface area (Å²) in [6.45, 7) is 10.3. The number of likely N-dealkylation sites (N-methyl/N-ethyl adjacent to an activating group) is 2. The third kappa shape index (κ3) is 7.27. The van der Waals surface area contributed by atoms with Crippen LogP contribution >= 0.6 is 0 Å². The van der Waals surface area contributed by atoms with E-state index in [9.17, 15) is 10.2 Å². The maximum absolute atomic E-state index is 10.6. The van der Waals surface area contributed by atoms with E-state index in [4.69, 9.17) is 9.47 Å². The maximum Gasteiger partial charge on any atom is 0.119 e. The topological polar surface area (TPSA) is 71.9 Å². The molecule has 8 nitrogen and oxygen atoms in total. The summed E-state index contributed by atoms with van der Waals surface area (Å²) in [5.74, 6) is 3.26. The summed E-state index contributed by atoms with van der Waals surface area (Å²) in [5.41, 5.74) is 3.38. The first-order valence-electron chi connectivity index (χ1n) is 17.9. The van der Waals surface area contributed by atoms with Crippen molar-refractivity contribution in [3.63, 3.8) is 0 Å². The number of piperazine rings is 2. The van der Waals surface area contributed by atoms with E-state index < -0.39 is 12.2 Å². The summed E-state index contributed by atoms with van der Waals surface area (Å²) in [6.07, 6.45) is 6.81. The Hall–Kier alpha value is -2.20. The third-order valence-corrected chi connectivity index (χ3v) is 12.0. The fourth-order valence-corrected chi connectivity index (χ4v) is 9.89. The van der Waals surface area contributed by atoms with Crippen molar-refractivity contribution < 1.29 is 19.7 Å². The van der Waals surface area contributed by atoms with Crippen molar-refractivity contribution in [2.24, 2.45) is 11.8 Å². The molecule has 2 saturated heterocycles. The Morgan fingerprint density at radius 1 is 0.609 bits per heavy atom. The molecule has 8 heteroatoms. The van der Waals surface area contributed by atoms with Crippen LogP contribution in [-0.4, -0.2) is 135 Å². The molecule has 2 N–H and O–H groups in total. The van der Waals surface area contributed by atoms with Crippen LogP contribution in [0.4, 0.5) is 0 Å². The molecule has 2 aromatic carbocycles. The number of aliphatic hydroxyl groups excluding tert-OH is 2. The van der Waals surface area contributed by atoms with Gasteiger partial charge in [-0.1, -0.05) is 24.3 Å². The molecular formula is C38H56N4O4. The summed E-state index contributed by atoms with van der Waals surface area (Å²) < 4.78 is 12.1. The Morgan fingerprint density at radius 2 is 0.978 bits per heavy atom. The summed E-state index contributed by atoms with van der Waals surface area (Å²) >= 11 is 0. The molecule has 2 aromatic rings. The highest BCUT2D eigenvalue weighted by atomic mass is 16.5. The van der Waals surface area contributed by atoms with Gasteiger partial charge in [0, 0.05) is 65.4 Å². The van der Waals surface area contributed by atoms with Crippen LogP contribution in [0.15, 0.2) is 48.5 Å². The smallest absolute Gasteiger partial charge is 0.119 e. The van der Waals surface area contributed by atoms with Gasteiger partial charge >= 0.3 is 0 Å². The lowest BCUT2D eigenvalue weighted by molar-refractivity contribution is -0.0281. The number of aliphatic hydroxyl groups is 2. The second-order valence-electron chi connectivity index (χ2n) is 15.7. The number of β-amino-alcohol motifs (C(OH)–C–C–N with tert-alkyl or cyclic N) is 2. The van der Waals surface area contributed by atoms with Crippen molar-refractivity contribution in [3.8, 4) is 11.5 Å². The van der Waals surface area contributed by atoms with E-state index in [0.717, 1.165) is 75.7 Å². The van der Waals surface area contributed by atoms with E-state index in [0.29, 0.717) is 26.3 Å². The predicted octanol–water partition coefficient (Wildman–Crippen LogP) is 3.45. The number of ether oxygens (including phenoxy) is 2. The van der Waals surface area contributed by atoms with Crippen molar-refractivity contribution in [2.45, 2.75) is 61.6 Å². The van der Waals surface area contributed by atoms with Crippen LogP contribution in [-0.2, 0) is 10.8 Å². The van der Waals surface area contributed by atoms with Crippen LogP contribution in [0.2, 0.25) is 0 Å². The number of rotatable bonds is 12. The molecule has 4 aliphatic carbocycles. The van der Waals surface area contributed by atoms with Crippen LogP contribution in [0.25, 0.3) is 0 Å². The standard InChI is InChI=1S/C38H56N4O4/c1-39-11-15-41(16-12-39)24-33(43)26-45-35-7-3-31(4-8-35)37-20-29-19-30(21-37)23-38(22-29,28-37)32-5-9-36(10-6-32)46-27-34(44)25-42-17-13-40(2)14-18-42/h3-10,29-30,33-34,43-44H,11-28H2,1-2H3. The van der Waals surface area contributed by atoms with Crippen molar-refractivity contribution >= 4 is 0 Å². The molecule has 46 heavy (non-hydrogen) atoms. The Bertz CT molecular complexity index is 1160. The van der Waals surface area contributed by atoms with E-state index in [2.05, 4.69) is 82.2 Å². The fraction of sp³-hybridized carbons (Fsp3) is 0.684. The minimum atomic E-state index is -0.477.